The van der Waals surface area contributed by atoms with E-state index in [1.165, 1.54) is 22.6 Å². The van der Waals surface area contributed by atoms with Gasteiger partial charge in [0.15, 0.2) is 5.11 Å². The zero-order chi connectivity index (χ0) is 19.1. The molecule has 0 saturated carbocycles. The first-order valence-corrected chi connectivity index (χ1v) is 10.1. The number of benzene rings is 3. The Morgan fingerprint density at radius 3 is 2.30 bits per heavy atom. The number of halogens is 1. The molecule has 0 aromatic heterocycles. The standard InChI is InChI=1S/C22H21FN2S2/c1-16(18-9-11-19(23)12-10-18)24-22(26)25-20-13-7-17(8-14-20)15-27-21-5-3-2-4-6-21/h2-14,16H,15H2,1H3,(H2,24,25,26)/t16-/m0/s1. The van der Waals surface area contributed by atoms with E-state index < -0.39 is 0 Å². The summed E-state index contributed by atoms with van der Waals surface area (Å²) in [6, 6.07) is 25.0. The average Bonchev–Trinajstić information content (AvgIpc) is 2.68. The fraction of sp³-hybridized carbons (Fsp3) is 0.136. The van der Waals surface area contributed by atoms with Crippen molar-refractivity contribution < 1.29 is 4.39 Å². The van der Waals surface area contributed by atoms with Gasteiger partial charge in [-0.05, 0) is 66.7 Å². The van der Waals surface area contributed by atoms with Crippen LogP contribution in [-0.4, -0.2) is 5.11 Å². The summed E-state index contributed by atoms with van der Waals surface area (Å²) < 4.78 is 13.0. The van der Waals surface area contributed by atoms with Crippen LogP contribution in [0.2, 0.25) is 0 Å². The van der Waals surface area contributed by atoms with Crippen LogP contribution in [0.4, 0.5) is 10.1 Å². The van der Waals surface area contributed by atoms with E-state index in [1.807, 2.05) is 36.9 Å². The molecule has 0 saturated heterocycles. The number of hydrogen-bond acceptors (Lipinski definition) is 2. The number of nitrogens with one attached hydrogen (secondary N) is 2. The van der Waals surface area contributed by atoms with Gasteiger partial charge in [-0.15, -0.1) is 11.8 Å². The second kappa shape index (κ2) is 9.53. The van der Waals surface area contributed by atoms with E-state index >= 15 is 0 Å². The fourth-order valence-corrected chi connectivity index (χ4v) is 3.74. The highest BCUT2D eigenvalue weighted by molar-refractivity contribution is 7.98. The van der Waals surface area contributed by atoms with Crippen LogP contribution in [0.1, 0.15) is 24.1 Å². The molecular formula is C22H21FN2S2. The third-order valence-electron chi connectivity index (χ3n) is 4.08. The van der Waals surface area contributed by atoms with Crippen LogP contribution in [-0.2, 0) is 5.75 Å². The largest absolute Gasteiger partial charge is 0.356 e. The van der Waals surface area contributed by atoms with Crippen molar-refractivity contribution in [3.8, 4) is 0 Å². The number of thiocarbonyl (C=S) groups is 1. The lowest BCUT2D eigenvalue weighted by molar-refractivity contribution is 0.624. The van der Waals surface area contributed by atoms with Gasteiger partial charge in [0.1, 0.15) is 5.82 Å². The first-order valence-electron chi connectivity index (χ1n) is 8.70. The molecule has 0 unspecified atom stereocenters. The van der Waals surface area contributed by atoms with E-state index in [9.17, 15) is 4.39 Å². The van der Waals surface area contributed by atoms with Gasteiger partial charge in [0.2, 0.25) is 0 Å². The first kappa shape index (κ1) is 19.4. The predicted molar refractivity (Wildman–Crippen MR) is 117 cm³/mol. The van der Waals surface area contributed by atoms with Crippen molar-refractivity contribution in [2.45, 2.75) is 23.6 Å². The summed E-state index contributed by atoms with van der Waals surface area (Å²) in [5.74, 6) is 0.686. The minimum atomic E-state index is -0.239. The molecule has 0 aliphatic heterocycles. The Morgan fingerprint density at radius 1 is 0.963 bits per heavy atom. The Morgan fingerprint density at radius 2 is 1.63 bits per heavy atom. The lowest BCUT2D eigenvalue weighted by atomic mass is 10.1. The quantitative estimate of drug-likeness (QED) is 0.385. The Bertz CT molecular complexity index is 865. The molecule has 5 heteroatoms. The molecule has 0 heterocycles. The van der Waals surface area contributed by atoms with Crippen LogP contribution in [0.3, 0.4) is 0 Å². The molecule has 2 nitrogen and oxygen atoms in total. The first-order chi connectivity index (χ1) is 13.1. The zero-order valence-electron chi connectivity index (χ0n) is 15.0. The minimum absolute atomic E-state index is 0.00727. The van der Waals surface area contributed by atoms with Gasteiger partial charge in [-0.2, -0.15) is 0 Å². The Balaban J connectivity index is 1.50. The Labute approximate surface area is 169 Å². The van der Waals surface area contributed by atoms with Gasteiger partial charge in [0, 0.05) is 16.3 Å². The third-order valence-corrected chi connectivity index (χ3v) is 5.38. The van der Waals surface area contributed by atoms with E-state index in [2.05, 4.69) is 47.0 Å². The maximum Gasteiger partial charge on any atom is 0.171 e. The van der Waals surface area contributed by atoms with Gasteiger partial charge in [-0.3, -0.25) is 0 Å². The summed E-state index contributed by atoms with van der Waals surface area (Å²) >= 11 is 7.20. The fourth-order valence-electron chi connectivity index (χ4n) is 2.57. The molecule has 0 fully saturated rings. The molecule has 3 aromatic carbocycles. The van der Waals surface area contributed by atoms with Crippen molar-refractivity contribution in [2.24, 2.45) is 0 Å². The molecule has 0 spiro atoms. The van der Waals surface area contributed by atoms with Crippen molar-refractivity contribution in [3.05, 3.63) is 95.8 Å². The number of hydrogen-bond donors (Lipinski definition) is 2. The van der Waals surface area contributed by atoms with Gasteiger partial charge >= 0.3 is 0 Å². The van der Waals surface area contributed by atoms with Crippen molar-refractivity contribution in [2.75, 3.05) is 5.32 Å². The second-order valence-corrected chi connectivity index (χ2v) is 7.63. The molecule has 1 atom stereocenters. The third kappa shape index (κ3) is 6.08. The molecule has 2 N–H and O–H groups in total. The lowest BCUT2D eigenvalue weighted by Crippen LogP contribution is -2.30. The SMILES string of the molecule is C[C@H](NC(=S)Nc1ccc(CSc2ccccc2)cc1)c1ccc(F)cc1. The van der Waals surface area contributed by atoms with E-state index in [0.717, 1.165) is 17.0 Å². The lowest BCUT2D eigenvalue weighted by Gasteiger charge is -2.17. The molecule has 0 amide bonds. The monoisotopic (exact) mass is 396 g/mol. The highest BCUT2D eigenvalue weighted by Crippen LogP contribution is 2.23. The summed E-state index contributed by atoms with van der Waals surface area (Å²) in [6.07, 6.45) is 0. The highest BCUT2D eigenvalue weighted by atomic mass is 32.2. The molecule has 3 rings (SSSR count). The van der Waals surface area contributed by atoms with Crippen LogP contribution >= 0.6 is 24.0 Å². The van der Waals surface area contributed by atoms with E-state index in [1.54, 1.807) is 12.1 Å². The summed E-state index contributed by atoms with van der Waals surface area (Å²) in [6.45, 7) is 1.99. The molecule has 0 bridgehead atoms. The maximum atomic E-state index is 13.0. The van der Waals surface area contributed by atoms with Gasteiger partial charge in [0.05, 0.1) is 6.04 Å². The molecule has 3 aromatic rings. The van der Waals surface area contributed by atoms with Crippen LogP contribution < -0.4 is 10.6 Å². The smallest absolute Gasteiger partial charge is 0.171 e. The van der Waals surface area contributed by atoms with E-state index in [4.69, 9.17) is 12.2 Å². The van der Waals surface area contributed by atoms with Crippen LogP contribution in [0.5, 0.6) is 0 Å². The van der Waals surface area contributed by atoms with Crippen molar-refractivity contribution in [3.63, 3.8) is 0 Å². The van der Waals surface area contributed by atoms with Crippen LogP contribution in [0, 0.1) is 5.82 Å². The van der Waals surface area contributed by atoms with Gasteiger partial charge < -0.3 is 10.6 Å². The Kier molecular flexibility index (Phi) is 6.85. The molecule has 0 radical (unpaired) electrons. The summed E-state index contributed by atoms with van der Waals surface area (Å²) in [4.78, 5) is 1.26. The summed E-state index contributed by atoms with van der Waals surface area (Å²) in [5, 5.41) is 6.95. The second-order valence-electron chi connectivity index (χ2n) is 6.17. The molecule has 0 aliphatic carbocycles. The molecule has 0 aliphatic rings. The topological polar surface area (TPSA) is 24.1 Å². The van der Waals surface area contributed by atoms with E-state index in [-0.39, 0.29) is 11.9 Å². The molecular weight excluding hydrogens is 375 g/mol. The molecule has 27 heavy (non-hydrogen) atoms. The normalized spacial score (nSPS) is 11.6. The number of anilines is 1. The van der Waals surface area contributed by atoms with Crippen LogP contribution in [0.25, 0.3) is 0 Å². The summed E-state index contributed by atoms with van der Waals surface area (Å²) in [7, 11) is 0. The molecule has 138 valence electrons. The Hall–Kier alpha value is -2.37. The summed E-state index contributed by atoms with van der Waals surface area (Å²) in [5.41, 5.74) is 3.18. The van der Waals surface area contributed by atoms with Crippen molar-refractivity contribution in [1.29, 1.82) is 0 Å². The minimum Gasteiger partial charge on any atom is -0.356 e. The van der Waals surface area contributed by atoms with Gasteiger partial charge in [0.25, 0.3) is 0 Å². The predicted octanol–water partition coefficient (Wildman–Crippen LogP) is 6.17. The van der Waals surface area contributed by atoms with Crippen LogP contribution in [0.15, 0.2) is 83.8 Å². The van der Waals surface area contributed by atoms with Crippen molar-refractivity contribution >= 4 is 34.8 Å². The number of thioether (sulfide) groups is 1. The average molecular weight is 397 g/mol. The number of rotatable bonds is 6. The van der Waals surface area contributed by atoms with Gasteiger partial charge in [-0.1, -0.05) is 42.5 Å². The highest BCUT2D eigenvalue weighted by Gasteiger charge is 2.07. The zero-order valence-corrected chi connectivity index (χ0v) is 16.6. The maximum absolute atomic E-state index is 13.0. The van der Waals surface area contributed by atoms with Gasteiger partial charge in [-0.25, -0.2) is 4.39 Å². The van der Waals surface area contributed by atoms with Crippen molar-refractivity contribution in [1.82, 2.24) is 5.32 Å². The van der Waals surface area contributed by atoms with E-state index in [0.29, 0.717) is 5.11 Å².